The fourth-order valence-electron chi connectivity index (χ4n) is 3.54. The zero-order chi connectivity index (χ0) is 14.8. The van der Waals surface area contributed by atoms with Crippen molar-refractivity contribution in [3.63, 3.8) is 0 Å². The van der Waals surface area contributed by atoms with Gasteiger partial charge in [0.1, 0.15) is 0 Å². The van der Waals surface area contributed by atoms with E-state index < -0.39 is 0 Å². The zero-order valence-corrected chi connectivity index (χ0v) is 13.3. The second-order valence-electron chi connectivity index (χ2n) is 6.45. The average molecular weight is 283 g/mol. The van der Waals surface area contributed by atoms with E-state index in [2.05, 4.69) is 54.4 Å². The molecule has 0 aliphatic heterocycles. The Morgan fingerprint density at radius 2 is 2.05 bits per heavy atom. The monoisotopic (exact) mass is 283 g/mol. The van der Waals surface area contributed by atoms with Crippen molar-refractivity contribution in [1.82, 2.24) is 14.7 Å². The van der Waals surface area contributed by atoms with Crippen molar-refractivity contribution in [2.45, 2.75) is 37.6 Å². The van der Waals surface area contributed by atoms with Crippen molar-refractivity contribution in [2.24, 2.45) is 7.05 Å². The van der Waals surface area contributed by atoms with Crippen LogP contribution in [0.1, 0.15) is 37.2 Å². The maximum absolute atomic E-state index is 4.28. The van der Waals surface area contributed by atoms with Gasteiger partial charge in [0.25, 0.3) is 0 Å². The SMILES string of the molecule is CN(C)C1CCCC(c2cccc(-c3ccnn3C)c2)C1. The third-order valence-corrected chi connectivity index (χ3v) is 4.85. The quantitative estimate of drug-likeness (QED) is 0.857. The lowest BCUT2D eigenvalue weighted by Crippen LogP contribution is -2.32. The minimum Gasteiger partial charge on any atom is -0.306 e. The molecule has 1 aromatic carbocycles. The number of hydrogen-bond acceptors (Lipinski definition) is 2. The number of benzene rings is 1. The van der Waals surface area contributed by atoms with Crippen LogP contribution in [0.4, 0.5) is 0 Å². The first-order valence-corrected chi connectivity index (χ1v) is 7.90. The van der Waals surface area contributed by atoms with Crippen molar-refractivity contribution in [3.8, 4) is 11.3 Å². The first-order chi connectivity index (χ1) is 10.1. The van der Waals surface area contributed by atoms with Crippen LogP contribution in [0.25, 0.3) is 11.3 Å². The molecule has 2 unspecified atom stereocenters. The molecule has 3 heteroatoms. The fraction of sp³-hybridized carbons (Fsp3) is 0.500. The van der Waals surface area contributed by atoms with Crippen LogP contribution in [0.3, 0.4) is 0 Å². The topological polar surface area (TPSA) is 21.1 Å². The average Bonchev–Trinajstić information content (AvgIpc) is 2.94. The maximum Gasteiger partial charge on any atom is 0.0678 e. The Labute approximate surface area is 127 Å². The Bertz CT molecular complexity index is 600. The van der Waals surface area contributed by atoms with Crippen LogP contribution in [0.2, 0.25) is 0 Å². The van der Waals surface area contributed by atoms with Crippen LogP contribution in [0.15, 0.2) is 36.5 Å². The summed E-state index contributed by atoms with van der Waals surface area (Å²) in [4.78, 5) is 2.39. The van der Waals surface area contributed by atoms with Gasteiger partial charge in [-0.2, -0.15) is 5.10 Å². The van der Waals surface area contributed by atoms with Gasteiger partial charge in [-0.15, -0.1) is 0 Å². The van der Waals surface area contributed by atoms with Gasteiger partial charge >= 0.3 is 0 Å². The third kappa shape index (κ3) is 3.03. The molecule has 0 amide bonds. The van der Waals surface area contributed by atoms with Crippen LogP contribution >= 0.6 is 0 Å². The van der Waals surface area contributed by atoms with E-state index in [1.54, 1.807) is 0 Å². The highest BCUT2D eigenvalue weighted by Gasteiger charge is 2.24. The van der Waals surface area contributed by atoms with E-state index in [0.29, 0.717) is 5.92 Å². The minimum atomic E-state index is 0.694. The van der Waals surface area contributed by atoms with E-state index in [1.807, 2.05) is 17.9 Å². The molecule has 0 bridgehead atoms. The van der Waals surface area contributed by atoms with Gasteiger partial charge < -0.3 is 4.90 Å². The molecule has 3 rings (SSSR count). The van der Waals surface area contributed by atoms with Crippen LogP contribution in [0.5, 0.6) is 0 Å². The summed E-state index contributed by atoms with van der Waals surface area (Å²) in [6, 6.07) is 11.8. The van der Waals surface area contributed by atoms with Gasteiger partial charge in [0.15, 0.2) is 0 Å². The van der Waals surface area contributed by atoms with E-state index in [1.165, 1.54) is 42.5 Å². The third-order valence-electron chi connectivity index (χ3n) is 4.85. The lowest BCUT2D eigenvalue weighted by atomic mass is 9.80. The van der Waals surface area contributed by atoms with E-state index in [4.69, 9.17) is 0 Å². The molecule has 0 N–H and O–H groups in total. The van der Waals surface area contributed by atoms with Gasteiger partial charge in [-0.05, 0) is 57.0 Å². The van der Waals surface area contributed by atoms with Crippen molar-refractivity contribution >= 4 is 0 Å². The largest absolute Gasteiger partial charge is 0.306 e. The molecular weight excluding hydrogens is 258 g/mol. The van der Waals surface area contributed by atoms with Gasteiger partial charge in [-0.1, -0.05) is 24.6 Å². The Morgan fingerprint density at radius 3 is 2.76 bits per heavy atom. The van der Waals surface area contributed by atoms with Crippen molar-refractivity contribution in [1.29, 1.82) is 0 Å². The van der Waals surface area contributed by atoms with Crippen molar-refractivity contribution in [3.05, 3.63) is 42.1 Å². The predicted octanol–water partition coefficient (Wildman–Crippen LogP) is 3.67. The smallest absolute Gasteiger partial charge is 0.0678 e. The van der Waals surface area contributed by atoms with Gasteiger partial charge in [0.2, 0.25) is 0 Å². The molecular formula is C18H25N3. The summed E-state index contributed by atoms with van der Waals surface area (Å²) in [6.07, 6.45) is 7.14. The fourth-order valence-corrected chi connectivity index (χ4v) is 3.54. The zero-order valence-electron chi connectivity index (χ0n) is 13.3. The Kier molecular flexibility index (Phi) is 4.11. The summed E-state index contributed by atoms with van der Waals surface area (Å²) < 4.78 is 1.95. The van der Waals surface area contributed by atoms with Gasteiger partial charge in [-0.25, -0.2) is 0 Å². The normalized spacial score (nSPS) is 22.7. The van der Waals surface area contributed by atoms with Crippen molar-refractivity contribution in [2.75, 3.05) is 14.1 Å². The molecule has 1 saturated carbocycles. The standard InChI is InChI=1S/C18H25N3/c1-20(2)17-9-5-7-15(13-17)14-6-4-8-16(12-14)18-10-11-19-21(18)3/h4,6,8,10-12,15,17H,5,7,9,13H2,1-3H3. The van der Waals surface area contributed by atoms with E-state index >= 15 is 0 Å². The molecule has 3 nitrogen and oxygen atoms in total. The molecule has 2 aromatic rings. The lowest BCUT2D eigenvalue weighted by molar-refractivity contribution is 0.213. The maximum atomic E-state index is 4.28. The number of aromatic nitrogens is 2. The highest BCUT2D eigenvalue weighted by atomic mass is 15.3. The van der Waals surface area contributed by atoms with Gasteiger partial charge in [0.05, 0.1) is 5.69 Å². The number of hydrogen-bond donors (Lipinski definition) is 0. The number of nitrogens with zero attached hydrogens (tertiary/aromatic N) is 3. The second-order valence-corrected chi connectivity index (χ2v) is 6.45. The predicted molar refractivity (Wildman–Crippen MR) is 87.3 cm³/mol. The molecule has 1 heterocycles. The molecule has 1 aliphatic rings. The Hall–Kier alpha value is -1.61. The van der Waals surface area contributed by atoms with Crippen LogP contribution < -0.4 is 0 Å². The summed E-state index contributed by atoms with van der Waals surface area (Å²) in [6.45, 7) is 0. The van der Waals surface area contributed by atoms with Gasteiger partial charge in [-0.3, -0.25) is 4.68 Å². The van der Waals surface area contributed by atoms with Crippen LogP contribution in [-0.2, 0) is 7.05 Å². The number of aryl methyl sites for hydroxylation is 1. The summed E-state index contributed by atoms with van der Waals surface area (Å²) in [5.74, 6) is 0.694. The molecule has 1 aliphatic carbocycles. The highest BCUT2D eigenvalue weighted by molar-refractivity contribution is 5.60. The number of rotatable bonds is 3. The minimum absolute atomic E-state index is 0.694. The summed E-state index contributed by atoms with van der Waals surface area (Å²) in [5, 5.41) is 4.28. The summed E-state index contributed by atoms with van der Waals surface area (Å²) >= 11 is 0. The molecule has 0 radical (unpaired) electrons. The van der Waals surface area contributed by atoms with E-state index in [0.717, 1.165) is 6.04 Å². The second kappa shape index (κ2) is 6.02. The Balaban J connectivity index is 1.84. The molecule has 21 heavy (non-hydrogen) atoms. The van der Waals surface area contributed by atoms with E-state index in [9.17, 15) is 0 Å². The molecule has 1 aromatic heterocycles. The molecule has 0 saturated heterocycles. The summed E-state index contributed by atoms with van der Waals surface area (Å²) in [5.41, 5.74) is 3.96. The Morgan fingerprint density at radius 1 is 1.19 bits per heavy atom. The summed E-state index contributed by atoms with van der Waals surface area (Å²) in [7, 11) is 6.42. The van der Waals surface area contributed by atoms with E-state index in [-0.39, 0.29) is 0 Å². The van der Waals surface area contributed by atoms with Gasteiger partial charge in [0, 0.05) is 24.8 Å². The molecule has 0 spiro atoms. The van der Waals surface area contributed by atoms with Crippen LogP contribution in [-0.4, -0.2) is 34.8 Å². The van der Waals surface area contributed by atoms with Crippen LogP contribution in [0, 0.1) is 0 Å². The van der Waals surface area contributed by atoms with Crippen molar-refractivity contribution < 1.29 is 0 Å². The molecule has 1 fully saturated rings. The molecule has 112 valence electrons. The lowest BCUT2D eigenvalue weighted by Gasteiger charge is -2.33. The first kappa shape index (κ1) is 14.3. The first-order valence-electron chi connectivity index (χ1n) is 7.90. The molecule has 2 atom stereocenters. The highest BCUT2D eigenvalue weighted by Crippen LogP contribution is 2.35.